The molecule has 1 atom stereocenters. The molecule has 0 unspecified atom stereocenters. The third kappa shape index (κ3) is 3.83. The van der Waals surface area contributed by atoms with Crippen molar-refractivity contribution in [3.05, 3.63) is 71.0 Å². The summed E-state index contributed by atoms with van der Waals surface area (Å²) in [5, 5.41) is 19.0. The molecule has 0 saturated carbocycles. The van der Waals surface area contributed by atoms with Crippen molar-refractivity contribution in [3.63, 3.8) is 0 Å². The Labute approximate surface area is 186 Å². The highest BCUT2D eigenvalue weighted by atomic mass is 16.5. The number of phenolic OH excluding ortho intramolecular Hbond substituents is 1. The van der Waals surface area contributed by atoms with E-state index >= 15 is 0 Å². The van der Waals surface area contributed by atoms with E-state index in [-0.39, 0.29) is 11.7 Å². The molecule has 166 valence electrons. The summed E-state index contributed by atoms with van der Waals surface area (Å²) >= 11 is 0. The third-order valence-electron chi connectivity index (χ3n) is 6.10. The number of benzene rings is 2. The van der Waals surface area contributed by atoms with Crippen LogP contribution >= 0.6 is 0 Å². The molecule has 0 radical (unpaired) electrons. The van der Waals surface area contributed by atoms with Gasteiger partial charge in [0.2, 0.25) is 5.88 Å². The topological polar surface area (TPSA) is 92.8 Å². The standard InChI is InChI=1S/C24H26N4O4/c1-30-18-5-2-16(3-6-18)21-19-7-4-17(29)14-20(19)32-24-22(21)23(25)28(15-26-24)9-8-27-10-12-31-13-11-27/h2-7,14-15,21,25,29H,8-13H2,1H3/t21-/m0/s1. The van der Waals surface area contributed by atoms with Gasteiger partial charge in [0, 0.05) is 43.7 Å². The van der Waals surface area contributed by atoms with Crippen molar-refractivity contribution in [1.82, 2.24) is 14.5 Å². The van der Waals surface area contributed by atoms with E-state index < -0.39 is 0 Å². The number of hydrogen-bond donors (Lipinski definition) is 2. The molecule has 3 aromatic rings. The van der Waals surface area contributed by atoms with Crippen LogP contribution in [0.3, 0.4) is 0 Å². The molecule has 1 saturated heterocycles. The molecule has 32 heavy (non-hydrogen) atoms. The maximum Gasteiger partial charge on any atom is 0.228 e. The van der Waals surface area contributed by atoms with Crippen LogP contribution < -0.4 is 15.0 Å². The third-order valence-corrected chi connectivity index (χ3v) is 6.10. The highest BCUT2D eigenvalue weighted by Crippen LogP contribution is 2.46. The van der Waals surface area contributed by atoms with Crippen molar-refractivity contribution in [2.45, 2.75) is 12.5 Å². The quantitative estimate of drug-likeness (QED) is 0.502. The zero-order valence-electron chi connectivity index (χ0n) is 18.0. The number of fused-ring (bicyclic) bond motifs is 2. The van der Waals surface area contributed by atoms with Gasteiger partial charge in [-0.2, -0.15) is 0 Å². The number of aromatic hydroxyl groups is 1. The molecular formula is C24H26N4O4. The van der Waals surface area contributed by atoms with Crippen LogP contribution in [0, 0.1) is 5.41 Å². The summed E-state index contributed by atoms with van der Waals surface area (Å²) in [4.78, 5) is 6.89. The number of nitrogens with zero attached hydrogens (tertiary/aromatic N) is 3. The normalized spacial score (nSPS) is 17.8. The molecule has 8 nitrogen and oxygen atoms in total. The van der Waals surface area contributed by atoms with Crippen molar-refractivity contribution in [2.75, 3.05) is 40.0 Å². The lowest BCUT2D eigenvalue weighted by atomic mass is 9.84. The van der Waals surface area contributed by atoms with Crippen molar-refractivity contribution < 1.29 is 19.3 Å². The van der Waals surface area contributed by atoms with E-state index in [1.807, 2.05) is 34.9 Å². The van der Waals surface area contributed by atoms with Crippen molar-refractivity contribution in [1.29, 1.82) is 5.41 Å². The van der Waals surface area contributed by atoms with Gasteiger partial charge in [-0.05, 0) is 23.8 Å². The van der Waals surface area contributed by atoms with E-state index in [1.165, 1.54) is 0 Å². The SMILES string of the molecule is COc1ccc([C@H]2c3ccc(O)cc3Oc3ncn(CCN4CCOCC4)c(=N)c32)cc1. The number of morpholine rings is 1. The lowest BCUT2D eigenvalue weighted by molar-refractivity contribution is 0.0362. The highest BCUT2D eigenvalue weighted by molar-refractivity contribution is 5.57. The van der Waals surface area contributed by atoms with Gasteiger partial charge in [-0.15, -0.1) is 0 Å². The number of phenols is 1. The Morgan fingerprint density at radius 1 is 1.12 bits per heavy atom. The Bertz CT molecular complexity index is 1170. The van der Waals surface area contributed by atoms with Crippen LogP contribution in [0.2, 0.25) is 0 Å². The van der Waals surface area contributed by atoms with E-state index in [9.17, 15) is 5.11 Å². The molecule has 0 aliphatic carbocycles. The lowest BCUT2D eigenvalue weighted by Gasteiger charge is -2.29. The molecule has 3 heterocycles. The monoisotopic (exact) mass is 434 g/mol. The van der Waals surface area contributed by atoms with Gasteiger partial charge in [0.25, 0.3) is 0 Å². The average molecular weight is 434 g/mol. The maximum absolute atomic E-state index is 9.98. The van der Waals surface area contributed by atoms with E-state index in [4.69, 9.17) is 19.6 Å². The van der Waals surface area contributed by atoms with Gasteiger partial charge in [0.05, 0.1) is 25.9 Å². The molecule has 2 N–H and O–H groups in total. The zero-order chi connectivity index (χ0) is 22.1. The Balaban J connectivity index is 1.55. The smallest absolute Gasteiger partial charge is 0.228 e. The number of hydrogen-bond acceptors (Lipinski definition) is 7. The second kappa shape index (κ2) is 8.64. The average Bonchev–Trinajstić information content (AvgIpc) is 2.83. The minimum absolute atomic E-state index is 0.128. The van der Waals surface area contributed by atoms with E-state index in [1.54, 1.807) is 25.6 Å². The predicted octanol–water partition coefficient (Wildman–Crippen LogP) is 2.69. The fourth-order valence-corrected chi connectivity index (χ4v) is 4.34. The van der Waals surface area contributed by atoms with Gasteiger partial charge in [0.15, 0.2) is 0 Å². The largest absolute Gasteiger partial charge is 0.508 e. The first-order chi connectivity index (χ1) is 15.6. The van der Waals surface area contributed by atoms with Gasteiger partial charge in [-0.25, -0.2) is 4.98 Å². The van der Waals surface area contributed by atoms with Crippen LogP contribution in [-0.4, -0.2) is 59.5 Å². The Morgan fingerprint density at radius 2 is 1.91 bits per heavy atom. The van der Waals surface area contributed by atoms with Gasteiger partial charge >= 0.3 is 0 Å². The molecule has 5 rings (SSSR count). The number of ether oxygens (including phenoxy) is 3. The first kappa shape index (κ1) is 20.5. The maximum atomic E-state index is 9.98. The minimum Gasteiger partial charge on any atom is -0.508 e. The minimum atomic E-state index is -0.240. The molecule has 0 bridgehead atoms. The molecule has 8 heteroatoms. The van der Waals surface area contributed by atoms with Crippen LogP contribution in [0.4, 0.5) is 0 Å². The van der Waals surface area contributed by atoms with Crippen molar-refractivity contribution in [3.8, 4) is 23.1 Å². The molecule has 0 spiro atoms. The predicted molar refractivity (Wildman–Crippen MR) is 117 cm³/mol. The lowest BCUT2D eigenvalue weighted by Crippen LogP contribution is -2.40. The summed E-state index contributed by atoms with van der Waals surface area (Å²) in [6.07, 6.45) is 1.67. The number of nitrogens with one attached hydrogen (secondary N) is 1. The zero-order valence-corrected chi connectivity index (χ0v) is 18.0. The summed E-state index contributed by atoms with van der Waals surface area (Å²) in [5.74, 6) is 1.61. The Hall–Kier alpha value is -3.36. The summed E-state index contributed by atoms with van der Waals surface area (Å²) in [5.41, 5.74) is 2.99. The van der Waals surface area contributed by atoms with Gasteiger partial charge in [-0.1, -0.05) is 18.2 Å². The number of rotatable bonds is 5. The molecule has 1 fully saturated rings. The van der Waals surface area contributed by atoms with Crippen LogP contribution in [-0.2, 0) is 11.3 Å². The highest BCUT2D eigenvalue weighted by Gasteiger charge is 2.32. The Kier molecular flexibility index (Phi) is 5.55. The second-order valence-corrected chi connectivity index (χ2v) is 7.99. The second-order valence-electron chi connectivity index (χ2n) is 7.99. The summed E-state index contributed by atoms with van der Waals surface area (Å²) in [7, 11) is 1.64. The number of methoxy groups -OCH3 is 1. The van der Waals surface area contributed by atoms with Crippen LogP contribution in [0.15, 0.2) is 48.8 Å². The summed E-state index contributed by atoms with van der Waals surface area (Å²) in [6.45, 7) is 4.80. The van der Waals surface area contributed by atoms with Crippen LogP contribution in [0.1, 0.15) is 22.6 Å². The first-order valence-electron chi connectivity index (χ1n) is 10.7. The summed E-state index contributed by atoms with van der Waals surface area (Å²) in [6, 6.07) is 12.9. The van der Waals surface area contributed by atoms with Crippen LogP contribution in [0.25, 0.3) is 0 Å². The fourth-order valence-electron chi connectivity index (χ4n) is 4.34. The molecule has 2 aliphatic rings. The van der Waals surface area contributed by atoms with Gasteiger partial charge in [0.1, 0.15) is 29.1 Å². The van der Waals surface area contributed by atoms with Gasteiger partial charge in [-0.3, -0.25) is 10.3 Å². The molecule has 1 aromatic heterocycles. The van der Waals surface area contributed by atoms with Crippen molar-refractivity contribution in [2.24, 2.45) is 0 Å². The molecule has 2 aliphatic heterocycles. The first-order valence-corrected chi connectivity index (χ1v) is 10.7. The van der Waals surface area contributed by atoms with E-state index in [0.29, 0.717) is 23.7 Å². The van der Waals surface area contributed by atoms with E-state index in [0.717, 1.165) is 55.3 Å². The van der Waals surface area contributed by atoms with E-state index in [2.05, 4.69) is 9.88 Å². The molecular weight excluding hydrogens is 408 g/mol. The number of aromatic nitrogens is 2. The van der Waals surface area contributed by atoms with Crippen molar-refractivity contribution >= 4 is 0 Å². The Morgan fingerprint density at radius 3 is 2.66 bits per heavy atom. The fraction of sp³-hybridized carbons (Fsp3) is 0.333. The molecule has 0 amide bonds. The van der Waals surface area contributed by atoms with Crippen LogP contribution in [0.5, 0.6) is 23.1 Å². The molecule has 2 aromatic carbocycles. The van der Waals surface area contributed by atoms with Gasteiger partial charge < -0.3 is 23.9 Å². The summed E-state index contributed by atoms with van der Waals surface area (Å²) < 4.78 is 18.7.